The van der Waals surface area contributed by atoms with Crippen LogP contribution < -0.4 is 5.32 Å². The zero-order valence-corrected chi connectivity index (χ0v) is 8.33. The summed E-state index contributed by atoms with van der Waals surface area (Å²) in [6, 6.07) is 10.3. The molecule has 75 valence electrons. The molecule has 1 N–H and O–H groups in total. The van der Waals surface area contributed by atoms with Crippen LogP contribution in [0.3, 0.4) is 0 Å². The fraction of sp³-hybridized carbons (Fsp3) is 0.417. The molecule has 2 heteroatoms. The number of hydrogen-bond donors (Lipinski definition) is 1. The van der Waals surface area contributed by atoms with E-state index in [1.54, 1.807) is 0 Å². The quantitative estimate of drug-likeness (QED) is 0.667. The number of carbonyl (C=O) groups excluding carboxylic acids is 1. The van der Waals surface area contributed by atoms with E-state index >= 15 is 0 Å². The molecule has 0 unspecified atom stereocenters. The summed E-state index contributed by atoms with van der Waals surface area (Å²) in [5.74, 6) is 0. The Balaban J connectivity index is 2.02. The van der Waals surface area contributed by atoms with Gasteiger partial charge >= 0.3 is 0 Å². The van der Waals surface area contributed by atoms with Crippen LogP contribution in [-0.2, 0) is 11.3 Å². The number of benzene rings is 1. The normalized spacial score (nSPS) is 10.0. The summed E-state index contributed by atoms with van der Waals surface area (Å²) in [4.78, 5) is 9.91. The average Bonchev–Trinajstić information content (AvgIpc) is 2.25. The van der Waals surface area contributed by atoms with Gasteiger partial charge in [0.15, 0.2) is 6.29 Å². The lowest BCUT2D eigenvalue weighted by Crippen LogP contribution is -2.14. The van der Waals surface area contributed by atoms with Gasteiger partial charge in [-0.25, -0.2) is 0 Å². The largest absolute Gasteiger partial charge is 0.313 e. The molecular formula is C12H16NO. The number of nitrogens with one attached hydrogen (secondary N) is 1. The molecule has 0 bridgehead atoms. The van der Waals surface area contributed by atoms with Gasteiger partial charge in [0.1, 0.15) is 0 Å². The molecule has 2 nitrogen and oxygen atoms in total. The molecule has 1 aromatic rings. The predicted molar refractivity (Wildman–Crippen MR) is 57.7 cm³/mol. The highest BCUT2D eigenvalue weighted by Crippen LogP contribution is 1.97. The molecule has 0 aliphatic carbocycles. The van der Waals surface area contributed by atoms with Crippen molar-refractivity contribution in [2.75, 3.05) is 6.54 Å². The van der Waals surface area contributed by atoms with Crippen molar-refractivity contribution in [2.24, 2.45) is 0 Å². The van der Waals surface area contributed by atoms with Crippen molar-refractivity contribution < 1.29 is 4.79 Å². The maximum Gasteiger partial charge on any atom is 0.198 e. The molecule has 0 atom stereocenters. The topological polar surface area (TPSA) is 29.1 Å². The van der Waals surface area contributed by atoms with E-state index in [0.717, 1.165) is 25.9 Å². The van der Waals surface area contributed by atoms with Crippen LogP contribution in [0.25, 0.3) is 0 Å². The smallest absolute Gasteiger partial charge is 0.198 e. The van der Waals surface area contributed by atoms with Gasteiger partial charge in [-0.2, -0.15) is 0 Å². The summed E-state index contributed by atoms with van der Waals surface area (Å²) in [7, 11) is 0. The fourth-order valence-corrected chi connectivity index (χ4v) is 1.28. The molecule has 0 fully saturated rings. The Morgan fingerprint density at radius 1 is 1.14 bits per heavy atom. The maximum atomic E-state index is 9.91. The molecule has 0 saturated carbocycles. The Labute approximate surface area is 85.3 Å². The van der Waals surface area contributed by atoms with Crippen LogP contribution in [0, 0.1) is 0 Å². The number of rotatable bonds is 7. The SMILES string of the molecule is O=[C]CCCCNCc1ccccc1. The van der Waals surface area contributed by atoms with Gasteiger partial charge in [-0.3, -0.25) is 4.79 Å². The Morgan fingerprint density at radius 2 is 1.93 bits per heavy atom. The second kappa shape index (κ2) is 7.27. The lowest BCUT2D eigenvalue weighted by molar-refractivity contribution is 0.543. The predicted octanol–water partition coefficient (Wildman–Crippen LogP) is 2.06. The Kier molecular flexibility index (Phi) is 5.68. The molecule has 0 aromatic heterocycles. The lowest BCUT2D eigenvalue weighted by atomic mass is 10.2. The van der Waals surface area contributed by atoms with Crippen LogP contribution in [-0.4, -0.2) is 12.8 Å². The van der Waals surface area contributed by atoms with E-state index in [-0.39, 0.29) is 0 Å². The van der Waals surface area contributed by atoms with Gasteiger partial charge in [-0.05, 0) is 24.9 Å². The highest BCUT2D eigenvalue weighted by Gasteiger charge is 1.91. The van der Waals surface area contributed by atoms with Crippen molar-refractivity contribution in [2.45, 2.75) is 25.8 Å². The first-order valence-corrected chi connectivity index (χ1v) is 5.03. The minimum absolute atomic E-state index is 0.563. The van der Waals surface area contributed by atoms with E-state index in [1.165, 1.54) is 5.56 Å². The van der Waals surface area contributed by atoms with Gasteiger partial charge in [-0.1, -0.05) is 30.3 Å². The van der Waals surface area contributed by atoms with Crippen molar-refractivity contribution in [3.63, 3.8) is 0 Å². The highest BCUT2D eigenvalue weighted by molar-refractivity contribution is 5.50. The summed E-state index contributed by atoms with van der Waals surface area (Å²) in [6.45, 7) is 1.88. The Hall–Kier alpha value is -1.15. The van der Waals surface area contributed by atoms with Crippen LogP contribution in [0.15, 0.2) is 30.3 Å². The molecule has 0 aliphatic rings. The summed E-state index contributed by atoms with van der Waals surface area (Å²) >= 11 is 0. The van der Waals surface area contributed by atoms with Crippen molar-refractivity contribution in [1.82, 2.24) is 5.32 Å². The minimum Gasteiger partial charge on any atom is -0.313 e. The Morgan fingerprint density at radius 3 is 2.64 bits per heavy atom. The molecule has 14 heavy (non-hydrogen) atoms. The number of unbranched alkanes of at least 4 members (excludes halogenated alkanes) is 2. The van der Waals surface area contributed by atoms with Crippen molar-refractivity contribution in [3.8, 4) is 0 Å². The fourth-order valence-electron chi connectivity index (χ4n) is 1.28. The van der Waals surface area contributed by atoms with Gasteiger partial charge in [-0.15, -0.1) is 0 Å². The third-order valence-corrected chi connectivity index (χ3v) is 2.05. The second-order valence-corrected chi connectivity index (χ2v) is 3.26. The maximum absolute atomic E-state index is 9.91. The van der Waals surface area contributed by atoms with E-state index in [0.29, 0.717) is 6.42 Å². The van der Waals surface area contributed by atoms with Crippen LogP contribution in [0.2, 0.25) is 0 Å². The van der Waals surface area contributed by atoms with E-state index in [9.17, 15) is 4.79 Å². The van der Waals surface area contributed by atoms with Crippen LogP contribution in [0.1, 0.15) is 24.8 Å². The molecule has 1 radical (unpaired) electrons. The summed E-state index contributed by atoms with van der Waals surface area (Å²) in [5.41, 5.74) is 1.30. The van der Waals surface area contributed by atoms with Gasteiger partial charge in [0.25, 0.3) is 0 Å². The van der Waals surface area contributed by atoms with Gasteiger partial charge < -0.3 is 5.32 Å². The molecule has 0 heterocycles. The van der Waals surface area contributed by atoms with E-state index < -0.39 is 0 Å². The molecule has 0 aliphatic heterocycles. The van der Waals surface area contributed by atoms with Gasteiger partial charge in [0, 0.05) is 13.0 Å². The van der Waals surface area contributed by atoms with Crippen LogP contribution in [0.5, 0.6) is 0 Å². The first kappa shape index (κ1) is 10.9. The first-order valence-electron chi connectivity index (χ1n) is 5.03. The van der Waals surface area contributed by atoms with Crippen LogP contribution in [0.4, 0.5) is 0 Å². The molecule has 0 amide bonds. The standard InChI is InChI=1S/C12H16NO/c14-10-6-2-5-9-13-11-12-7-3-1-4-8-12/h1,3-4,7-8,13H,2,5-6,9,11H2. The molecule has 0 spiro atoms. The zero-order valence-electron chi connectivity index (χ0n) is 8.33. The third kappa shape index (κ3) is 4.77. The van der Waals surface area contributed by atoms with E-state index in [2.05, 4.69) is 17.4 Å². The minimum atomic E-state index is 0.563. The molecule has 0 saturated heterocycles. The zero-order chi connectivity index (χ0) is 10.1. The Bertz CT molecular complexity index is 246. The first-order chi connectivity index (χ1) is 6.93. The molecular weight excluding hydrogens is 174 g/mol. The van der Waals surface area contributed by atoms with Crippen molar-refractivity contribution in [3.05, 3.63) is 35.9 Å². The lowest BCUT2D eigenvalue weighted by Gasteiger charge is -2.03. The average molecular weight is 190 g/mol. The van der Waals surface area contributed by atoms with E-state index in [1.807, 2.05) is 24.5 Å². The van der Waals surface area contributed by atoms with E-state index in [4.69, 9.17) is 0 Å². The van der Waals surface area contributed by atoms with Crippen molar-refractivity contribution >= 4 is 6.29 Å². The highest BCUT2D eigenvalue weighted by atomic mass is 16.1. The summed E-state index contributed by atoms with van der Waals surface area (Å²) < 4.78 is 0. The number of hydrogen-bond acceptors (Lipinski definition) is 2. The summed E-state index contributed by atoms with van der Waals surface area (Å²) in [5, 5.41) is 3.33. The third-order valence-electron chi connectivity index (χ3n) is 2.05. The van der Waals surface area contributed by atoms with Gasteiger partial charge in [0.05, 0.1) is 0 Å². The summed E-state index contributed by atoms with van der Waals surface area (Å²) in [6.07, 6.45) is 4.44. The molecule has 1 aromatic carbocycles. The van der Waals surface area contributed by atoms with Crippen molar-refractivity contribution in [1.29, 1.82) is 0 Å². The van der Waals surface area contributed by atoms with Gasteiger partial charge in [0.2, 0.25) is 0 Å². The monoisotopic (exact) mass is 190 g/mol. The van der Waals surface area contributed by atoms with Crippen LogP contribution >= 0.6 is 0 Å². The second-order valence-electron chi connectivity index (χ2n) is 3.26. The molecule has 1 rings (SSSR count).